The summed E-state index contributed by atoms with van der Waals surface area (Å²) in [5.41, 5.74) is -0.204. The van der Waals surface area contributed by atoms with Gasteiger partial charge in [0.25, 0.3) is 5.78 Å². The summed E-state index contributed by atoms with van der Waals surface area (Å²) in [4.78, 5) is 16.3. The highest BCUT2D eigenvalue weighted by molar-refractivity contribution is 5.68. The molecule has 9 nitrogen and oxygen atoms in total. The molecule has 2 aromatic rings. The Hall–Kier alpha value is -2.89. The molecule has 144 valence electrons. The van der Waals surface area contributed by atoms with Crippen LogP contribution < -0.4 is 10.1 Å². The predicted molar refractivity (Wildman–Crippen MR) is 96.4 cm³/mol. The average Bonchev–Trinajstić information content (AvgIpc) is 3.01. The maximum Gasteiger partial charge on any atom is 0.407 e. The Labute approximate surface area is 157 Å². The number of aromatic nitrogens is 4. The minimum Gasteiger partial charge on any atom is -0.480 e. The molecular formula is C18H24N6O3. The maximum absolute atomic E-state index is 12.1. The van der Waals surface area contributed by atoms with Gasteiger partial charge in [-0.3, -0.25) is 4.40 Å². The minimum atomic E-state index is -0.528. The minimum absolute atomic E-state index is 0.00703. The number of hydrogen-bond donors (Lipinski definition) is 1. The van der Waals surface area contributed by atoms with E-state index in [1.807, 2.05) is 20.8 Å². The van der Waals surface area contributed by atoms with Crippen LogP contribution in [0.25, 0.3) is 5.78 Å². The van der Waals surface area contributed by atoms with E-state index in [0.29, 0.717) is 11.3 Å². The molecule has 0 unspecified atom stereocenters. The lowest BCUT2D eigenvalue weighted by Gasteiger charge is -2.29. The molecule has 2 atom stereocenters. The molecule has 0 aliphatic heterocycles. The standard InChI is InChI=1S/C18H24N6O3/c1-18(2,3)27-17(25)20-13-7-5-6-11(8-13)14-22-23-16-21-15(26-4)12(9-19)10-24(14)16/h10-11,13H,5-8H2,1-4H3,(H,20,25)/t11-,13+/m0/s1. The molecule has 1 amide bonds. The summed E-state index contributed by atoms with van der Waals surface area (Å²) >= 11 is 0. The van der Waals surface area contributed by atoms with E-state index >= 15 is 0 Å². The van der Waals surface area contributed by atoms with Gasteiger partial charge in [-0.25, -0.2) is 4.79 Å². The van der Waals surface area contributed by atoms with Gasteiger partial charge in [-0.05, 0) is 40.0 Å². The molecule has 1 aliphatic rings. The molecule has 0 radical (unpaired) electrons. The average molecular weight is 372 g/mol. The Balaban J connectivity index is 1.78. The van der Waals surface area contributed by atoms with Crippen LogP contribution in [0.2, 0.25) is 0 Å². The number of carbonyl (C=O) groups is 1. The molecule has 0 bridgehead atoms. The molecule has 9 heteroatoms. The lowest BCUT2D eigenvalue weighted by Crippen LogP contribution is -2.41. The number of ether oxygens (including phenoxy) is 2. The zero-order valence-electron chi connectivity index (χ0n) is 16.0. The first-order valence-electron chi connectivity index (χ1n) is 9.00. The van der Waals surface area contributed by atoms with Crippen LogP contribution in [-0.4, -0.2) is 44.4 Å². The zero-order chi connectivity index (χ0) is 19.6. The maximum atomic E-state index is 12.1. The Morgan fingerprint density at radius 1 is 1.37 bits per heavy atom. The summed E-state index contributed by atoms with van der Waals surface area (Å²) in [5, 5.41) is 20.6. The molecule has 1 N–H and O–H groups in total. The molecule has 1 fully saturated rings. The topological polar surface area (TPSA) is 114 Å². The summed E-state index contributed by atoms with van der Waals surface area (Å²) in [6.45, 7) is 5.52. The summed E-state index contributed by atoms with van der Waals surface area (Å²) in [5.74, 6) is 1.47. The van der Waals surface area contributed by atoms with Crippen LogP contribution in [0.4, 0.5) is 4.79 Å². The quantitative estimate of drug-likeness (QED) is 0.880. The van der Waals surface area contributed by atoms with Crippen LogP contribution in [-0.2, 0) is 4.74 Å². The molecular weight excluding hydrogens is 348 g/mol. The summed E-state index contributed by atoms with van der Waals surface area (Å²) in [6.07, 6.45) is 4.75. The van der Waals surface area contributed by atoms with Crippen LogP contribution in [0.15, 0.2) is 6.20 Å². The van der Waals surface area contributed by atoms with Gasteiger partial charge in [0.1, 0.15) is 23.1 Å². The Kier molecular flexibility index (Phi) is 5.17. The number of carbonyl (C=O) groups excluding carboxylic acids is 1. The fraction of sp³-hybridized carbons (Fsp3) is 0.611. The third-order valence-electron chi connectivity index (χ3n) is 4.47. The highest BCUT2D eigenvalue weighted by atomic mass is 16.6. The van der Waals surface area contributed by atoms with E-state index in [1.54, 1.807) is 10.6 Å². The van der Waals surface area contributed by atoms with Gasteiger partial charge < -0.3 is 14.8 Å². The number of alkyl carbamates (subject to hydrolysis) is 1. The van der Waals surface area contributed by atoms with Gasteiger partial charge >= 0.3 is 6.09 Å². The van der Waals surface area contributed by atoms with Crippen LogP contribution in [0.3, 0.4) is 0 Å². The Bertz CT molecular complexity index is 880. The van der Waals surface area contributed by atoms with Gasteiger partial charge in [0.15, 0.2) is 0 Å². The predicted octanol–water partition coefficient (Wildman–Crippen LogP) is 2.56. The second-order valence-corrected chi connectivity index (χ2v) is 7.71. The zero-order valence-corrected chi connectivity index (χ0v) is 16.0. The molecule has 0 aromatic carbocycles. The van der Waals surface area contributed by atoms with Crippen molar-refractivity contribution in [2.45, 2.75) is 64.0 Å². The number of hydrogen-bond acceptors (Lipinski definition) is 7. The van der Waals surface area contributed by atoms with Gasteiger partial charge in [-0.1, -0.05) is 6.42 Å². The SMILES string of the molecule is COc1nc2nnc([C@H]3CCC[C@@H](NC(=O)OC(C)(C)C)C3)n2cc1C#N. The third kappa shape index (κ3) is 4.27. The van der Waals surface area contributed by atoms with Gasteiger partial charge in [0.2, 0.25) is 5.88 Å². The van der Waals surface area contributed by atoms with E-state index in [9.17, 15) is 10.1 Å². The van der Waals surface area contributed by atoms with Crippen molar-refractivity contribution in [2.75, 3.05) is 7.11 Å². The van der Waals surface area contributed by atoms with Crippen molar-refractivity contribution < 1.29 is 14.3 Å². The first-order chi connectivity index (χ1) is 12.8. The first kappa shape index (κ1) is 18.9. The number of amides is 1. The van der Waals surface area contributed by atoms with E-state index in [4.69, 9.17) is 9.47 Å². The Morgan fingerprint density at radius 3 is 2.81 bits per heavy atom. The largest absolute Gasteiger partial charge is 0.480 e. The first-order valence-corrected chi connectivity index (χ1v) is 9.00. The number of methoxy groups -OCH3 is 1. The normalized spacial score (nSPS) is 20.1. The van der Waals surface area contributed by atoms with Crippen molar-refractivity contribution in [3.63, 3.8) is 0 Å². The highest BCUT2D eigenvalue weighted by Crippen LogP contribution is 2.32. The van der Waals surface area contributed by atoms with Crippen molar-refractivity contribution in [1.29, 1.82) is 5.26 Å². The fourth-order valence-electron chi connectivity index (χ4n) is 3.37. The van der Waals surface area contributed by atoms with Crippen molar-refractivity contribution in [3.8, 4) is 11.9 Å². The molecule has 0 saturated heterocycles. The third-order valence-corrected chi connectivity index (χ3v) is 4.47. The van der Waals surface area contributed by atoms with Crippen LogP contribution in [0.1, 0.15) is 63.8 Å². The fourth-order valence-corrected chi connectivity index (χ4v) is 3.37. The summed E-state index contributed by atoms with van der Waals surface area (Å²) in [7, 11) is 1.46. The van der Waals surface area contributed by atoms with Crippen molar-refractivity contribution >= 4 is 11.9 Å². The highest BCUT2D eigenvalue weighted by Gasteiger charge is 2.29. The number of rotatable bonds is 3. The molecule has 2 aromatic heterocycles. The second-order valence-electron chi connectivity index (χ2n) is 7.71. The van der Waals surface area contributed by atoms with Crippen molar-refractivity contribution in [1.82, 2.24) is 24.9 Å². The van der Waals surface area contributed by atoms with Gasteiger partial charge in [0.05, 0.1) is 7.11 Å². The number of nitriles is 1. The smallest absolute Gasteiger partial charge is 0.407 e. The van der Waals surface area contributed by atoms with E-state index in [2.05, 4.69) is 26.6 Å². The van der Waals surface area contributed by atoms with Crippen molar-refractivity contribution in [3.05, 3.63) is 17.6 Å². The lowest BCUT2D eigenvalue weighted by atomic mass is 9.85. The van der Waals surface area contributed by atoms with E-state index in [1.165, 1.54) is 7.11 Å². The monoisotopic (exact) mass is 372 g/mol. The summed E-state index contributed by atoms with van der Waals surface area (Å²) in [6, 6.07) is 2.08. The molecule has 0 spiro atoms. The van der Waals surface area contributed by atoms with Crippen LogP contribution in [0.5, 0.6) is 5.88 Å². The van der Waals surface area contributed by atoms with E-state index < -0.39 is 11.7 Å². The van der Waals surface area contributed by atoms with Gasteiger partial charge in [0, 0.05) is 18.2 Å². The lowest BCUT2D eigenvalue weighted by molar-refractivity contribution is 0.0490. The number of nitrogens with zero attached hydrogens (tertiary/aromatic N) is 5. The molecule has 1 aliphatic carbocycles. The number of nitrogens with one attached hydrogen (secondary N) is 1. The molecule has 2 heterocycles. The second kappa shape index (κ2) is 7.39. The number of fused-ring (bicyclic) bond motifs is 1. The van der Waals surface area contributed by atoms with Gasteiger partial charge in [-0.2, -0.15) is 10.2 Å². The summed E-state index contributed by atoms with van der Waals surface area (Å²) < 4.78 is 12.2. The molecule has 27 heavy (non-hydrogen) atoms. The van der Waals surface area contributed by atoms with Crippen LogP contribution >= 0.6 is 0 Å². The molecule has 1 saturated carbocycles. The van der Waals surface area contributed by atoms with Gasteiger partial charge in [-0.15, -0.1) is 10.2 Å². The van der Waals surface area contributed by atoms with E-state index in [-0.39, 0.29) is 17.8 Å². The van der Waals surface area contributed by atoms with Crippen molar-refractivity contribution in [2.24, 2.45) is 0 Å². The molecule has 3 rings (SSSR count). The van der Waals surface area contributed by atoms with Crippen LogP contribution in [0, 0.1) is 11.3 Å². The Morgan fingerprint density at radius 2 is 2.15 bits per heavy atom. The van der Waals surface area contributed by atoms with E-state index in [0.717, 1.165) is 31.5 Å².